The van der Waals surface area contributed by atoms with E-state index >= 15 is 0 Å². The van der Waals surface area contributed by atoms with Crippen molar-refractivity contribution < 1.29 is 0 Å². The lowest BCUT2D eigenvalue weighted by Gasteiger charge is -2.31. The molecule has 3 nitrogen and oxygen atoms in total. The smallest absolute Gasteiger partial charge is 0.113 e. The molecule has 5 heteroatoms. The molecule has 0 spiro atoms. The Kier molecular flexibility index (Phi) is 3.39. The second kappa shape index (κ2) is 4.84. The third-order valence-corrected chi connectivity index (χ3v) is 4.92. The Balaban J connectivity index is 1.89. The van der Waals surface area contributed by atoms with Gasteiger partial charge in [0.05, 0.1) is 12.2 Å². The van der Waals surface area contributed by atoms with Crippen molar-refractivity contribution >= 4 is 22.9 Å². The molecule has 0 radical (unpaired) electrons. The molecule has 2 fully saturated rings. The highest BCUT2D eigenvalue weighted by Gasteiger charge is 2.39. The maximum Gasteiger partial charge on any atom is 0.113 e. The van der Waals surface area contributed by atoms with Crippen molar-refractivity contribution in [1.82, 2.24) is 9.88 Å². The van der Waals surface area contributed by atoms with Crippen LogP contribution in [0.3, 0.4) is 0 Å². The average Bonchev–Trinajstić information content (AvgIpc) is 3.07. The molecule has 2 atom stereocenters. The molecule has 0 bridgehead atoms. The zero-order valence-corrected chi connectivity index (χ0v) is 11.4. The Morgan fingerprint density at radius 3 is 2.82 bits per heavy atom. The molecule has 2 unspecified atom stereocenters. The van der Waals surface area contributed by atoms with Crippen molar-refractivity contribution in [1.29, 1.82) is 0 Å². The maximum atomic E-state index is 6.36. The van der Waals surface area contributed by atoms with Crippen molar-refractivity contribution in [3.8, 4) is 0 Å². The third kappa shape index (κ3) is 2.50. The monoisotopic (exact) mass is 271 g/mol. The minimum atomic E-state index is 0.209. The molecule has 2 heterocycles. The first-order valence-electron chi connectivity index (χ1n) is 6.38. The van der Waals surface area contributed by atoms with Gasteiger partial charge in [0, 0.05) is 12.1 Å². The van der Waals surface area contributed by atoms with E-state index in [1.54, 1.807) is 17.5 Å². The van der Waals surface area contributed by atoms with Crippen molar-refractivity contribution in [2.24, 2.45) is 5.73 Å². The Morgan fingerprint density at radius 2 is 2.18 bits per heavy atom. The van der Waals surface area contributed by atoms with E-state index in [-0.39, 0.29) is 6.04 Å². The maximum absolute atomic E-state index is 6.36. The summed E-state index contributed by atoms with van der Waals surface area (Å²) in [6.07, 6.45) is 8.00. The van der Waals surface area contributed by atoms with Crippen LogP contribution in [0.5, 0.6) is 0 Å². The molecule has 1 aliphatic heterocycles. The molecular weight excluding hydrogens is 254 g/mol. The molecule has 0 amide bonds. The van der Waals surface area contributed by atoms with E-state index in [2.05, 4.69) is 9.88 Å². The van der Waals surface area contributed by atoms with Crippen LogP contribution in [0.25, 0.3) is 0 Å². The van der Waals surface area contributed by atoms with Crippen LogP contribution < -0.4 is 5.73 Å². The number of hydrogen-bond acceptors (Lipinski definition) is 4. The summed E-state index contributed by atoms with van der Waals surface area (Å²) in [4.78, 5) is 7.03. The normalized spacial score (nSPS) is 31.4. The summed E-state index contributed by atoms with van der Waals surface area (Å²) in [6, 6.07) is 1.25. The Morgan fingerprint density at radius 1 is 1.35 bits per heavy atom. The number of nitrogens with two attached hydrogens (primary N) is 1. The zero-order chi connectivity index (χ0) is 11.8. The summed E-state index contributed by atoms with van der Waals surface area (Å²) in [5, 5.41) is 1.11. The van der Waals surface area contributed by atoms with E-state index in [1.807, 2.05) is 0 Å². The molecule has 0 aromatic carbocycles. The van der Waals surface area contributed by atoms with Gasteiger partial charge in [-0.05, 0) is 32.2 Å². The lowest BCUT2D eigenvalue weighted by atomic mass is 10.0. The highest BCUT2D eigenvalue weighted by atomic mass is 35.5. The van der Waals surface area contributed by atoms with Crippen LogP contribution >= 0.6 is 22.9 Å². The number of likely N-dealkylation sites (tertiary alicyclic amines) is 1. The third-order valence-electron chi connectivity index (χ3n) is 3.73. The van der Waals surface area contributed by atoms with Gasteiger partial charge >= 0.3 is 0 Å². The van der Waals surface area contributed by atoms with E-state index < -0.39 is 0 Å². The molecule has 1 saturated carbocycles. The highest BCUT2D eigenvalue weighted by Crippen LogP contribution is 2.40. The van der Waals surface area contributed by atoms with Crippen LogP contribution in [0.15, 0.2) is 6.20 Å². The Bertz CT molecular complexity index is 391. The molecular formula is C12H18ClN3S. The number of aromatic nitrogens is 1. The van der Waals surface area contributed by atoms with E-state index in [0.29, 0.717) is 6.04 Å². The van der Waals surface area contributed by atoms with Gasteiger partial charge in [0.15, 0.2) is 0 Å². The van der Waals surface area contributed by atoms with Crippen LogP contribution in [0.4, 0.5) is 0 Å². The standard InChI is InChI=1S/C12H18ClN3S/c13-10-7-15-12(17-10)11-9(14)3-1-2-6-16(11)8-4-5-8/h7-9,11H,1-6,14H2. The fraction of sp³-hybridized carbons (Fsp3) is 0.750. The van der Waals surface area contributed by atoms with Crippen LogP contribution in [0, 0.1) is 0 Å². The van der Waals surface area contributed by atoms with Gasteiger partial charge in [-0.1, -0.05) is 18.0 Å². The topological polar surface area (TPSA) is 42.1 Å². The second-order valence-electron chi connectivity index (χ2n) is 5.08. The molecule has 1 saturated heterocycles. The quantitative estimate of drug-likeness (QED) is 0.899. The first-order chi connectivity index (χ1) is 8.25. The molecule has 3 rings (SSSR count). The van der Waals surface area contributed by atoms with Crippen molar-refractivity contribution in [3.05, 3.63) is 15.5 Å². The van der Waals surface area contributed by atoms with Gasteiger partial charge in [-0.2, -0.15) is 0 Å². The Hall–Kier alpha value is -0.160. The molecule has 2 N–H and O–H groups in total. The van der Waals surface area contributed by atoms with Gasteiger partial charge in [-0.3, -0.25) is 4.90 Å². The summed E-state index contributed by atoms with van der Waals surface area (Å²) >= 11 is 7.60. The number of thiazole rings is 1. The first-order valence-corrected chi connectivity index (χ1v) is 7.57. The predicted octanol–water partition coefficient (Wildman–Crippen LogP) is 2.81. The highest BCUT2D eigenvalue weighted by molar-refractivity contribution is 7.15. The van der Waals surface area contributed by atoms with Crippen LogP contribution in [0.2, 0.25) is 4.34 Å². The second-order valence-corrected chi connectivity index (χ2v) is 6.77. The molecule has 1 aliphatic carbocycles. The zero-order valence-electron chi connectivity index (χ0n) is 9.81. The van der Waals surface area contributed by atoms with Gasteiger partial charge in [0.2, 0.25) is 0 Å². The summed E-state index contributed by atoms with van der Waals surface area (Å²) < 4.78 is 0.771. The molecule has 1 aromatic rings. The lowest BCUT2D eigenvalue weighted by Crippen LogP contribution is -2.40. The summed E-state index contributed by atoms with van der Waals surface area (Å²) in [5.74, 6) is 0. The van der Waals surface area contributed by atoms with Crippen molar-refractivity contribution in [3.63, 3.8) is 0 Å². The molecule has 17 heavy (non-hydrogen) atoms. The van der Waals surface area contributed by atoms with Crippen LogP contribution in [0.1, 0.15) is 43.2 Å². The van der Waals surface area contributed by atoms with Crippen LogP contribution in [-0.4, -0.2) is 28.5 Å². The van der Waals surface area contributed by atoms with Crippen LogP contribution in [-0.2, 0) is 0 Å². The number of halogens is 1. The van der Waals surface area contributed by atoms with E-state index in [1.165, 1.54) is 32.2 Å². The largest absolute Gasteiger partial charge is 0.326 e. The van der Waals surface area contributed by atoms with Gasteiger partial charge in [-0.15, -0.1) is 11.3 Å². The Labute approximate surface area is 111 Å². The summed E-state index contributed by atoms with van der Waals surface area (Å²) in [5.41, 5.74) is 6.36. The van der Waals surface area contributed by atoms with Gasteiger partial charge in [-0.25, -0.2) is 4.98 Å². The lowest BCUT2D eigenvalue weighted by molar-refractivity contribution is 0.175. The van der Waals surface area contributed by atoms with E-state index in [0.717, 1.165) is 21.8 Å². The summed E-state index contributed by atoms with van der Waals surface area (Å²) in [7, 11) is 0. The summed E-state index contributed by atoms with van der Waals surface area (Å²) in [6.45, 7) is 1.17. The van der Waals surface area contributed by atoms with Crippen molar-refractivity contribution in [2.45, 2.75) is 50.2 Å². The van der Waals surface area contributed by atoms with Gasteiger partial charge in [0.1, 0.15) is 9.34 Å². The van der Waals surface area contributed by atoms with E-state index in [9.17, 15) is 0 Å². The van der Waals surface area contributed by atoms with Gasteiger partial charge in [0.25, 0.3) is 0 Å². The fourth-order valence-electron chi connectivity index (χ4n) is 2.76. The molecule has 1 aromatic heterocycles. The average molecular weight is 272 g/mol. The molecule has 2 aliphatic rings. The minimum Gasteiger partial charge on any atom is -0.326 e. The van der Waals surface area contributed by atoms with Gasteiger partial charge < -0.3 is 5.73 Å². The number of rotatable bonds is 2. The molecule has 94 valence electrons. The predicted molar refractivity (Wildman–Crippen MR) is 71.4 cm³/mol. The van der Waals surface area contributed by atoms with E-state index in [4.69, 9.17) is 17.3 Å². The minimum absolute atomic E-state index is 0.209. The fourth-order valence-corrected chi connectivity index (χ4v) is 3.89. The van der Waals surface area contributed by atoms with Crippen molar-refractivity contribution in [2.75, 3.05) is 6.54 Å². The number of nitrogens with zero attached hydrogens (tertiary/aromatic N) is 2. The first kappa shape index (κ1) is 11.9. The SMILES string of the molecule is NC1CCCCN(C2CC2)C1c1ncc(Cl)s1. The number of hydrogen-bond donors (Lipinski definition) is 1.